The summed E-state index contributed by atoms with van der Waals surface area (Å²) < 4.78 is 16.1. The highest BCUT2D eigenvalue weighted by Gasteiger charge is 2.10. The first-order valence-electron chi connectivity index (χ1n) is 6.99. The molecule has 2 aromatic rings. The maximum Gasteiger partial charge on any atom is 0.226 e. The summed E-state index contributed by atoms with van der Waals surface area (Å²) in [5, 5.41) is 3.86. The van der Waals surface area contributed by atoms with Crippen LogP contribution in [0.25, 0.3) is 0 Å². The molecule has 0 aliphatic heterocycles. The summed E-state index contributed by atoms with van der Waals surface area (Å²) in [5.41, 5.74) is 6.92. The van der Waals surface area contributed by atoms with E-state index in [2.05, 4.69) is 10.1 Å². The molecule has 0 saturated carbocycles. The monoisotopic (exact) mass is 291 g/mol. The topological polar surface area (TPSA) is 83.4 Å². The smallest absolute Gasteiger partial charge is 0.226 e. The van der Waals surface area contributed by atoms with Crippen LogP contribution in [0.4, 0.5) is 0 Å². The first-order chi connectivity index (χ1) is 10.1. The van der Waals surface area contributed by atoms with Crippen molar-refractivity contribution >= 4 is 0 Å². The predicted octanol–water partition coefficient (Wildman–Crippen LogP) is 2.11. The van der Waals surface area contributed by atoms with E-state index in [-0.39, 0.29) is 12.6 Å². The van der Waals surface area contributed by atoms with E-state index in [0.29, 0.717) is 29.6 Å². The summed E-state index contributed by atoms with van der Waals surface area (Å²) in [7, 11) is 1.61. The zero-order chi connectivity index (χ0) is 15.2. The molecule has 6 heteroatoms. The number of benzene rings is 1. The van der Waals surface area contributed by atoms with Crippen LogP contribution in [0.5, 0.6) is 11.5 Å². The zero-order valence-electron chi connectivity index (χ0n) is 12.6. The van der Waals surface area contributed by atoms with Gasteiger partial charge in [-0.2, -0.15) is 4.98 Å². The van der Waals surface area contributed by atoms with Crippen LogP contribution in [0, 0.1) is 0 Å². The predicted molar refractivity (Wildman–Crippen MR) is 78.4 cm³/mol. The summed E-state index contributed by atoms with van der Waals surface area (Å²) in [6.07, 6.45) is 1.49. The molecule has 0 fully saturated rings. The van der Waals surface area contributed by atoms with Gasteiger partial charge in [0.1, 0.15) is 0 Å². The third kappa shape index (κ3) is 4.19. The Morgan fingerprint density at radius 2 is 2.14 bits per heavy atom. The molecule has 0 bridgehead atoms. The molecule has 0 radical (unpaired) electrons. The average molecular weight is 291 g/mol. The van der Waals surface area contributed by atoms with Crippen molar-refractivity contribution in [2.45, 2.75) is 39.3 Å². The second-order valence-electron chi connectivity index (χ2n) is 4.91. The van der Waals surface area contributed by atoms with Crippen molar-refractivity contribution in [1.29, 1.82) is 0 Å². The average Bonchev–Trinajstić information content (AvgIpc) is 2.92. The van der Waals surface area contributed by atoms with Crippen LogP contribution in [0.3, 0.4) is 0 Å². The third-order valence-electron chi connectivity index (χ3n) is 2.96. The Balaban J connectivity index is 2.09. The lowest BCUT2D eigenvalue weighted by atomic mass is 10.1. The Hall–Kier alpha value is -2.08. The molecule has 1 unspecified atom stereocenters. The molecule has 2 N–H and O–H groups in total. The standard InChI is InChI=1S/C15H21N3O3/c1-4-15-17-14(18-21-15)9-20-13-8-11(7-10(2)16)5-6-12(13)19-3/h5-6,8,10H,4,7,9,16H2,1-3H3. The number of ether oxygens (including phenoxy) is 2. The van der Waals surface area contributed by atoms with Crippen molar-refractivity contribution < 1.29 is 14.0 Å². The lowest BCUT2D eigenvalue weighted by molar-refractivity contribution is 0.268. The van der Waals surface area contributed by atoms with Gasteiger partial charge in [0.2, 0.25) is 11.7 Å². The van der Waals surface area contributed by atoms with Gasteiger partial charge in [0.15, 0.2) is 18.1 Å². The van der Waals surface area contributed by atoms with Crippen molar-refractivity contribution in [2.75, 3.05) is 7.11 Å². The molecule has 21 heavy (non-hydrogen) atoms. The molecule has 0 saturated heterocycles. The lowest BCUT2D eigenvalue weighted by Crippen LogP contribution is -2.17. The number of aryl methyl sites for hydroxylation is 1. The summed E-state index contributed by atoms with van der Waals surface area (Å²) >= 11 is 0. The number of nitrogens with two attached hydrogens (primary N) is 1. The first-order valence-corrected chi connectivity index (χ1v) is 6.99. The molecule has 6 nitrogen and oxygen atoms in total. The fourth-order valence-corrected chi connectivity index (χ4v) is 1.97. The van der Waals surface area contributed by atoms with Gasteiger partial charge in [0.05, 0.1) is 7.11 Å². The lowest BCUT2D eigenvalue weighted by Gasteiger charge is -2.12. The first kappa shape index (κ1) is 15.3. The van der Waals surface area contributed by atoms with Gasteiger partial charge in [-0.1, -0.05) is 18.1 Å². The van der Waals surface area contributed by atoms with Gasteiger partial charge in [-0.3, -0.25) is 0 Å². The normalized spacial score (nSPS) is 12.2. The Bertz CT molecular complexity index is 581. The highest BCUT2D eigenvalue weighted by molar-refractivity contribution is 5.43. The van der Waals surface area contributed by atoms with E-state index in [1.165, 1.54) is 0 Å². The van der Waals surface area contributed by atoms with E-state index in [4.69, 9.17) is 19.7 Å². The van der Waals surface area contributed by atoms with Crippen LogP contribution in [0.1, 0.15) is 31.1 Å². The third-order valence-corrected chi connectivity index (χ3v) is 2.96. The van der Waals surface area contributed by atoms with Gasteiger partial charge >= 0.3 is 0 Å². The highest BCUT2D eigenvalue weighted by Crippen LogP contribution is 2.29. The second-order valence-corrected chi connectivity index (χ2v) is 4.91. The molecule has 0 aliphatic rings. The molecule has 1 heterocycles. The molecule has 2 rings (SSSR count). The number of aromatic nitrogens is 2. The maximum absolute atomic E-state index is 5.82. The minimum absolute atomic E-state index is 0.0931. The van der Waals surface area contributed by atoms with Gasteiger partial charge in [0, 0.05) is 12.5 Å². The Kier molecular flexibility index (Phi) is 5.16. The van der Waals surface area contributed by atoms with E-state index in [9.17, 15) is 0 Å². The van der Waals surface area contributed by atoms with Crippen LogP contribution in [0.2, 0.25) is 0 Å². The van der Waals surface area contributed by atoms with Crippen molar-refractivity contribution in [3.05, 3.63) is 35.5 Å². The van der Waals surface area contributed by atoms with Gasteiger partial charge in [-0.15, -0.1) is 0 Å². The van der Waals surface area contributed by atoms with Crippen LogP contribution < -0.4 is 15.2 Å². The Morgan fingerprint density at radius 3 is 2.76 bits per heavy atom. The molecule has 0 spiro atoms. The number of rotatable bonds is 7. The Labute approximate surface area is 124 Å². The minimum Gasteiger partial charge on any atom is -0.493 e. The molecular weight excluding hydrogens is 270 g/mol. The molecule has 0 amide bonds. The van der Waals surface area contributed by atoms with Crippen molar-refractivity contribution in [2.24, 2.45) is 5.73 Å². The fourth-order valence-electron chi connectivity index (χ4n) is 1.97. The van der Waals surface area contributed by atoms with Crippen LogP contribution in [-0.2, 0) is 19.4 Å². The van der Waals surface area contributed by atoms with Crippen molar-refractivity contribution in [3.63, 3.8) is 0 Å². The molecule has 1 aromatic carbocycles. The fraction of sp³-hybridized carbons (Fsp3) is 0.467. The van der Waals surface area contributed by atoms with Crippen molar-refractivity contribution in [1.82, 2.24) is 10.1 Å². The van der Waals surface area contributed by atoms with Crippen molar-refractivity contribution in [3.8, 4) is 11.5 Å². The zero-order valence-corrected chi connectivity index (χ0v) is 12.6. The summed E-state index contributed by atoms with van der Waals surface area (Å²) in [6.45, 7) is 4.16. The van der Waals surface area contributed by atoms with Gasteiger partial charge in [-0.25, -0.2) is 0 Å². The Morgan fingerprint density at radius 1 is 1.33 bits per heavy atom. The largest absolute Gasteiger partial charge is 0.493 e. The summed E-state index contributed by atoms with van der Waals surface area (Å²) in [4.78, 5) is 4.21. The van der Waals surface area contributed by atoms with Crippen LogP contribution >= 0.6 is 0 Å². The minimum atomic E-state index is 0.0931. The molecular formula is C15H21N3O3. The molecule has 0 aliphatic carbocycles. The maximum atomic E-state index is 5.82. The van der Waals surface area contributed by atoms with Crippen LogP contribution in [0.15, 0.2) is 22.7 Å². The SMILES string of the molecule is CCc1nc(COc2cc(CC(C)N)ccc2OC)no1. The number of methoxy groups -OCH3 is 1. The van der Waals surface area contributed by atoms with E-state index in [0.717, 1.165) is 12.0 Å². The van der Waals surface area contributed by atoms with Crippen LogP contribution in [-0.4, -0.2) is 23.3 Å². The van der Waals surface area contributed by atoms with E-state index < -0.39 is 0 Å². The van der Waals surface area contributed by atoms with E-state index in [1.54, 1.807) is 7.11 Å². The molecule has 1 aromatic heterocycles. The molecule has 114 valence electrons. The summed E-state index contributed by atoms with van der Waals surface area (Å²) in [6, 6.07) is 5.89. The number of nitrogens with zero attached hydrogens (tertiary/aromatic N) is 2. The van der Waals surface area contributed by atoms with Gasteiger partial charge < -0.3 is 19.7 Å². The van der Waals surface area contributed by atoms with E-state index >= 15 is 0 Å². The van der Waals surface area contributed by atoms with Gasteiger partial charge in [-0.05, 0) is 31.0 Å². The van der Waals surface area contributed by atoms with E-state index in [1.807, 2.05) is 32.0 Å². The number of hydrogen-bond acceptors (Lipinski definition) is 6. The quantitative estimate of drug-likeness (QED) is 0.841. The second kappa shape index (κ2) is 7.08. The highest BCUT2D eigenvalue weighted by atomic mass is 16.5. The molecule has 1 atom stereocenters. The number of hydrogen-bond donors (Lipinski definition) is 1. The van der Waals surface area contributed by atoms with Gasteiger partial charge in [0.25, 0.3) is 0 Å². The summed E-state index contributed by atoms with van der Waals surface area (Å²) in [5.74, 6) is 2.44.